The van der Waals surface area contributed by atoms with Crippen LogP contribution >= 0.6 is 27.5 Å². The first kappa shape index (κ1) is 11.6. The van der Waals surface area contributed by atoms with E-state index in [0.29, 0.717) is 22.3 Å². The highest BCUT2D eigenvalue weighted by atomic mass is 79.9. The van der Waals surface area contributed by atoms with Crippen molar-refractivity contribution in [2.24, 2.45) is 5.73 Å². The molecule has 84 valence electrons. The van der Waals surface area contributed by atoms with Gasteiger partial charge < -0.3 is 10.3 Å². The van der Waals surface area contributed by atoms with Gasteiger partial charge in [-0.15, -0.1) is 0 Å². The van der Waals surface area contributed by atoms with Gasteiger partial charge in [-0.25, -0.2) is 0 Å². The number of halogens is 2. The molecule has 1 unspecified atom stereocenters. The zero-order chi connectivity index (χ0) is 11.7. The van der Waals surface area contributed by atoms with E-state index in [9.17, 15) is 0 Å². The van der Waals surface area contributed by atoms with E-state index in [4.69, 9.17) is 21.9 Å². The minimum atomic E-state index is -0.261. The lowest BCUT2D eigenvalue weighted by Crippen LogP contribution is -2.06. The number of rotatable bonds is 2. The van der Waals surface area contributed by atoms with E-state index in [1.54, 1.807) is 13.0 Å². The maximum absolute atomic E-state index is 6.04. The molecule has 0 aliphatic carbocycles. The third-order valence-electron chi connectivity index (χ3n) is 2.01. The molecule has 6 heteroatoms. The number of benzene rings is 1. The maximum Gasteiger partial charge on any atom is 0.259 e. The molecule has 0 amide bonds. The third-order valence-corrected chi connectivity index (χ3v) is 2.83. The average molecular weight is 303 g/mol. The zero-order valence-electron chi connectivity index (χ0n) is 8.45. The van der Waals surface area contributed by atoms with Crippen molar-refractivity contribution in [2.75, 3.05) is 0 Å². The maximum atomic E-state index is 6.04. The molecule has 1 atom stereocenters. The fourth-order valence-corrected chi connectivity index (χ4v) is 1.75. The van der Waals surface area contributed by atoms with Crippen LogP contribution in [0.25, 0.3) is 11.5 Å². The van der Waals surface area contributed by atoms with Crippen molar-refractivity contribution in [3.05, 3.63) is 33.5 Å². The Morgan fingerprint density at radius 2 is 2.25 bits per heavy atom. The van der Waals surface area contributed by atoms with E-state index in [-0.39, 0.29) is 6.04 Å². The van der Waals surface area contributed by atoms with Crippen LogP contribution in [0.1, 0.15) is 18.8 Å². The highest BCUT2D eigenvalue weighted by Gasteiger charge is 2.14. The van der Waals surface area contributed by atoms with Gasteiger partial charge >= 0.3 is 0 Å². The molecule has 4 nitrogen and oxygen atoms in total. The van der Waals surface area contributed by atoms with Crippen LogP contribution < -0.4 is 5.73 Å². The fraction of sp³-hybridized carbons (Fsp3) is 0.200. The number of hydrogen-bond donors (Lipinski definition) is 1. The summed E-state index contributed by atoms with van der Waals surface area (Å²) in [5.74, 6) is 0.838. The van der Waals surface area contributed by atoms with Crippen LogP contribution in [-0.2, 0) is 0 Å². The minimum absolute atomic E-state index is 0.261. The molecule has 0 saturated heterocycles. The van der Waals surface area contributed by atoms with E-state index < -0.39 is 0 Å². The standard InChI is InChI=1S/C10H9BrClN3O/c1-5(13)9-14-10(16-15-9)7-4-6(11)2-3-8(7)12/h2-5H,13H2,1H3. The molecule has 0 radical (unpaired) electrons. The molecule has 16 heavy (non-hydrogen) atoms. The lowest BCUT2D eigenvalue weighted by Gasteiger charge is -1.98. The topological polar surface area (TPSA) is 64.9 Å². The lowest BCUT2D eigenvalue weighted by atomic mass is 10.2. The Morgan fingerprint density at radius 1 is 1.50 bits per heavy atom. The van der Waals surface area contributed by atoms with Gasteiger partial charge in [0.15, 0.2) is 5.82 Å². The third kappa shape index (κ3) is 2.26. The second-order valence-electron chi connectivity index (χ2n) is 3.37. The van der Waals surface area contributed by atoms with Gasteiger partial charge in [-0.05, 0) is 25.1 Å². The quantitative estimate of drug-likeness (QED) is 0.925. The van der Waals surface area contributed by atoms with E-state index >= 15 is 0 Å². The van der Waals surface area contributed by atoms with Crippen molar-refractivity contribution in [3.63, 3.8) is 0 Å². The molecule has 1 aromatic heterocycles. The molecule has 0 aliphatic rings. The Morgan fingerprint density at radius 3 is 2.88 bits per heavy atom. The first-order chi connectivity index (χ1) is 7.58. The highest BCUT2D eigenvalue weighted by Crippen LogP contribution is 2.29. The monoisotopic (exact) mass is 301 g/mol. The van der Waals surface area contributed by atoms with Crippen molar-refractivity contribution < 1.29 is 4.52 Å². The number of nitrogens with zero attached hydrogens (tertiary/aromatic N) is 2. The molecule has 0 aliphatic heterocycles. The van der Waals surface area contributed by atoms with Gasteiger partial charge in [0, 0.05) is 4.47 Å². The second-order valence-corrected chi connectivity index (χ2v) is 4.69. The first-order valence-corrected chi connectivity index (χ1v) is 5.79. The molecule has 1 aromatic carbocycles. The predicted molar refractivity (Wildman–Crippen MR) is 65.0 cm³/mol. The average Bonchev–Trinajstić information content (AvgIpc) is 2.70. The molecule has 2 N–H and O–H groups in total. The summed E-state index contributed by atoms with van der Waals surface area (Å²) in [5, 5.41) is 4.34. The van der Waals surface area contributed by atoms with Crippen molar-refractivity contribution in [1.82, 2.24) is 10.1 Å². The molecule has 2 rings (SSSR count). The molecule has 0 bridgehead atoms. The van der Waals surface area contributed by atoms with Crippen LogP contribution in [0.4, 0.5) is 0 Å². The van der Waals surface area contributed by atoms with Crippen molar-refractivity contribution in [3.8, 4) is 11.5 Å². The number of aromatic nitrogens is 2. The molecular weight excluding hydrogens is 293 g/mol. The smallest absolute Gasteiger partial charge is 0.259 e. The number of nitrogens with two attached hydrogens (primary N) is 1. The summed E-state index contributed by atoms with van der Waals surface area (Å²) in [4.78, 5) is 4.17. The van der Waals surface area contributed by atoms with Crippen LogP contribution in [0.3, 0.4) is 0 Å². The van der Waals surface area contributed by atoms with Gasteiger partial charge in [0.2, 0.25) is 0 Å². The van der Waals surface area contributed by atoms with Gasteiger partial charge in [-0.2, -0.15) is 4.98 Å². The van der Waals surface area contributed by atoms with E-state index in [0.717, 1.165) is 4.47 Å². The molecular formula is C10H9BrClN3O. The summed E-state index contributed by atoms with van der Waals surface area (Å²) in [6.07, 6.45) is 0. The first-order valence-electron chi connectivity index (χ1n) is 4.62. The summed E-state index contributed by atoms with van der Waals surface area (Å²) in [6, 6.07) is 5.16. The van der Waals surface area contributed by atoms with Crippen LogP contribution in [0.15, 0.2) is 27.2 Å². The zero-order valence-corrected chi connectivity index (χ0v) is 10.8. The Labute approximate surface area is 106 Å². The minimum Gasteiger partial charge on any atom is -0.334 e. The van der Waals surface area contributed by atoms with Gasteiger partial charge in [-0.1, -0.05) is 32.7 Å². The molecule has 0 spiro atoms. The Balaban J connectivity index is 2.46. The normalized spacial score (nSPS) is 12.8. The van der Waals surface area contributed by atoms with Gasteiger partial charge in [0.05, 0.1) is 16.6 Å². The predicted octanol–water partition coefficient (Wildman–Crippen LogP) is 3.17. The van der Waals surface area contributed by atoms with Crippen molar-refractivity contribution >= 4 is 27.5 Å². The molecule has 2 aromatic rings. The van der Waals surface area contributed by atoms with Gasteiger partial charge in [0.1, 0.15) is 0 Å². The van der Waals surface area contributed by atoms with Crippen LogP contribution in [-0.4, -0.2) is 10.1 Å². The van der Waals surface area contributed by atoms with Gasteiger partial charge in [0.25, 0.3) is 5.89 Å². The van der Waals surface area contributed by atoms with E-state index in [1.807, 2.05) is 12.1 Å². The fourth-order valence-electron chi connectivity index (χ4n) is 1.19. The SMILES string of the molecule is CC(N)c1noc(-c2cc(Br)ccc2Cl)n1. The molecule has 0 saturated carbocycles. The number of hydrogen-bond acceptors (Lipinski definition) is 4. The summed E-state index contributed by atoms with van der Waals surface area (Å²) in [6.45, 7) is 1.79. The van der Waals surface area contributed by atoms with Gasteiger partial charge in [-0.3, -0.25) is 0 Å². The van der Waals surface area contributed by atoms with E-state index in [1.165, 1.54) is 0 Å². The van der Waals surface area contributed by atoms with E-state index in [2.05, 4.69) is 26.1 Å². The Hall–Kier alpha value is -0.910. The Kier molecular flexibility index (Phi) is 3.28. The van der Waals surface area contributed by atoms with Crippen molar-refractivity contribution in [1.29, 1.82) is 0 Å². The summed E-state index contributed by atoms with van der Waals surface area (Å²) >= 11 is 9.40. The lowest BCUT2D eigenvalue weighted by molar-refractivity contribution is 0.418. The van der Waals surface area contributed by atoms with Crippen molar-refractivity contribution in [2.45, 2.75) is 13.0 Å². The largest absolute Gasteiger partial charge is 0.334 e. The molecule has 0 fully saturated rings. The van der Waals surface area contributed by atoms with Crippen LogP contribution in [0.5, 0.6) is 0 Å². The summed E-state index contributed by atoms with van der Waals surface area (Å²) < 4.78 is 6.00. The highest BCUT2D eigenvalue weighted by molar-refractivity contribution is 9.10. The van der Waals surface area contributed by atoms with Crippen LogP contribution in [0, 0.1) is 0 Å². The Bertz CT molecular complexity index is 513. The van der Waals surface area contributed by atoms with Crippen LogP contribution in [0.2, 0.25) is 5.02 Å². The summed E-state index contributed by atoms with van der Waals surface area (Å²) in [5.41, 5.74) is 6.34. The summed E-state index contributed by atoms with van der Waals surface area (Å²) in [7, 11) is 0. The second kappa shape index (κ2) is 4.53. The molecule has 1 heterocycles.